The molecule has 0 radical (unpaired) electrons. The minimum absolute atomic E-state index is 0.0588. The third-order valence-corrected chi connectivity index (χ3v) is 1.90. The molecule has 0 aliphatic carbocycles. The van der Waals surface area contributed by atoms with E-state index in [4.69, 9.17) is 16.7 Å². The van der Waals surface area contributed by atoms with Gasteiger partial charge in [-0.2, -0.15) is 5.10 Å². The van der Waals surface area contributed by atoms with Crippen molar-refractivity contribution in [3.63, 3.8) is 0 Å². The van der Waals surface area contributed by atoms with Crippen molar-refractivity contribution < 1.29 is 9.90 Å². The summed E-state index contributed by atoms with van der Waals surface area (Å²) < 4.78 is 0. The zero-order valence-corrected chi connectivity index (χ0v) is 9.40. The number of rotatable bonds is 5. The highest BCUT2D eigenvalue weighted by molar-refractivity contribution is 6.29. The third kappa shape index (κ3) is 4.70. The molecule has 0 spiro atoms. The van der Waals surface area contributed by atoms with E-state index in [1.165, 1.54) is 0 Å². The molecule has 0 unspecified atom stereocenters. The second kappa shape index (κ2) is 6.02. The van der Waals surface area contributed by atoms with Gasteiger partial charge in [-0.1, -0.05) is 11.6 Å². The molecular weight excluding hydrogens is 232 g/mol. The van der Waals surface area contributed by atoms with Gasteiger partial charge in [0.05, 0.1) is 6.42 Å². The molecule has 6 nitrogen and oxygen atoms in total. The lowest BCUT2D eigenvalue weighted by Crippen LogP contribution is -2.03. The summed E-state index contributed by atoms with van der Waals surface area (Å²) >= 11 is 5.56. The van der Waals surface area contributed by atoms with Crippen LogP contribution in [-0.4, -0.2) is 27.0 Å². The summed E-state index contributed by atoms with van der Waals surface area (Å²) in [5.41, 5.74) is 3.34. The van der Waals surface area contributed by atoms with Gasteiger partial charge in [0.25, 0.3) is 0 Å². The Bertz CT molecular complexity index is 391. The summed E-state index contributed by atoms with van der Waals surface area (Å²) in [6.07, 6.45) is 0.451. The molecule has 1 aromatic rings. The van der Waals surface area contributed by atoms with Crippen LogP contribution in [0.2, 0.25) is 5.15 Å². The minimum atomic E-state index is -0.846. The number of nitrogens with one attached hydrogen (secondary N) is 1. The van der Waals surface area contributed by atoms with Crippen molar-refractivity contribution >= 4 is 29.1 Å². The van der Waals surface area contributed by atoms with E-state index in [1.807, 2.05) is 0 Å². The molecule has 0 saturated heterocycles. The predicted molar refractivity (Wildman–Crippen MR) is 60.6 cm³/mol. The molecule has 86 valence electrons. The molecule has 16 heavy (non-hydrogen) atoms. The van der Waals surface area contributed by atoms with E-state index in [-0.39, 0.29) is 6.42 Å². The largest absolute Gasteiger partial charge is 0.481 e. The molecular formula is C9H11ClN4O2. The van der Waals surface area contributed by atoms with Crippen LogP contribution in [0.1, 0.15) is 19.8 Å². The fourth-order valence-electron chi connectivity index (χ4n) is 0.872. The topological polar surface area (TPSA) is 87.5 Å². The highest BCUT2D eigenvalue weighted by atomic mass is 35.5. The number of carboxylic acid groups (broad SMARTS) is 1. The van der Waals surface area contributed by atoms with E-state index in [1.54, 1.807) is 19.1 Å². The fraction of sp³-hybridized carbons (Fsp3) is 0.333. The van der Waals surface area contributed by atoms with Gasteiger partial charge >= 0.3 is 5.97 Å². The molecule has 0 atom stereocenters. The maximum absolute atomic E-state index is 10.3. The van der Waals surface area contributed by atoms with E-state index in [0.717, 1.165) is 0 Å². The standard InChI is InChI=1S/C9H11ClN4O2/c1-6(2-5-9(15)16)11-13-8-4-3-7(10)12-14-8/h3-4H,2,5H2,1H3,(H,13,14)(H,15,16)/b11-6-. The Labute approximate surface area is 97.3 Å². The van der Waals surface area contributed by atoms with Crippen LogP contribution in [0.5, 0.6) is 0 Å². The van der Waals surface area contributed by atoms with Crippen LogP contribution in [0.3, 0.4) is 0 Å². The Hall–Kier alpha value is -1.69. The zero-order chi connectivity index (χ0) is 12.0. The maximum Gasteiger partial charge on any atom is 0.303 e. The number of anilines is 1. The average molecular weight is 243 g/mol. The quantitative estimate of drug-likeness (QED) is 0.607. The molecule has 0 aromatic carbocycles. The lowest BCUT2D eigenvalue weighted by atomic mass is 10.2. The van der Waals surface area contributed by atoms with Gasteiger partial charge in [-0.25, -0.2) is 0 Å². The summed E-state index contributed by atoms with van der Waals surface area (Å²) in [5.74, 6) is -0.389. The van der Waals surface area contributed by atoms with Crippen LogP contribution in [0.15, 0.2) is 17.2 Å². The summed E-state index contributed by atoms with van der Waals surface area (Å²) in [4.78, 5) is 10.3. The highest BCUT2D eigenvalue weighted by Crippen LogP contribution is 2.06. The second-order valence-corrected chi connectivity index (χ2v) is 3.48. The van der Waals surface area contributed by atoms with Crippen molar-refractivity contribution in [2.75, 3.05) is 5.43 Å². The number of carbonyl (C=O) groups is 1. The van der Waals surface area contributed by atoms with Crippen molar-refractivity contribution in [2.45, 2.75) is 19.8 Å². The second-order valence-electron chi connectivity index (χ2n) is 3.09. The van der Waals surface area contributed by atoms with Gasteiger partial charge < -0.3 is 5.11 Å². The number of hydrazone groups is 1. The predicted octanol–water partition coefficient (Wildman–Crippen LogP) is 1.78. The van der Waals surface area contributed by atoms with Crippen LogP contribution in [0.25, 0.3) is 0 Å². The number of nitrogens with zero attached hydrogens (tertiary/aromatic N) is 3. The molecule has 0 amide bonds. The SMILES string of the molecule is C/C(CCC(=O)O)=N/Nc1ccc(Cl)nn1. The monoisotopic (exact) mass is 242 g/mol. The maximum atomic E-state index is 10.3. The van der Waals surface area contributed by atoms with Crippen molar-refractivity contribution in [3.8, 4) is 0 Å². The van der Waals surface area contributed by atoms with Crippen LogP contribution in [0, 0.1) is 0 Å². The Kier molecular flexibility index (Phi) is 4.65. The number of carboxylic acids is 1. The number of halogens is 1. The molecule has 1 heterocycles. The summed E-state index contributed by atoms with van der Waals surface area (Å²) in [5, 5.41) is 20.1. The first kappa shape index (κ1) is 12.4. The van der Waals surface area contributed by atoms with E-state index in [0.29, 0.717) is 23.1 Å². The fourth-order valence-corrected chi connectivity index (χ4v) is 0.973. The summed E-state index contributed by atoms with van der Waals surface area (Å²) in [7, 11) is 0. The van der Waals surface area contributed by atoms with Crippen LogP contribution in [0.4, 0.5) is 5.82 Å². The Morgan fingerprint density at radius 3 is 2.81 bits per heavy atom. The minimum Gasteiger partial charge on any atom is -0.481 e. The van der Waals surface area contributed by atoms with E-state index in [9.17, 15) is 4.79 Å². The van der Waals surface area contributed by atoms with Gasteiger partial charge in [-0.15, -0.1) is 10.2 Å². The molecule has 0 fully saturated rings. The number of aliphatic carboxylic acids is 1. The third-order valence-electron chi connectivity index (χ3n) is 1.69. The van der Waals surface area contributed by atoms with Crippen molar-refractivity contribution in [1.82, 2.24) is 10.2 Å². The van der Waals surface area contributed by atoms with Gasteiger partial charge in [0.15, 0.2) is 11.0 Å². The van der Waals surface area contributed by atoms with Crippen molar-refractivity contribution in [1.29, 1.82) is 0 Å². The smallest absolute Gasteiger partial charge is 0.303 e. The van der Waals surface area contributed by atoms with Crippen molar-refractivity contribution in [3.05, 3.63) is 17.3 Å². The summed E-state index contributed by atoms with van der Waals surface area (Å²) in [6.45, 7) is 1.74. The molecule has 2 N–H and O–H groups in total. The first-order valence-electron chi connectivity index (χ1n) is 4.58. The van der Waals surface area contributed by atoms with Crippen LogP contribution < -0.4 is 5.43 Å². The normalized spacial score (nSPS) is 11.2. The first-order chi connectivity index (χ1) is 7.58. The average Bonchev–Trinajstić information content (AvgIpc) is 2.25. The van der Waals surface area contributed by atoms with Crippen LogP contribution >= 0.6 is 11.6 Å². The molecule has 0 bridgehead atoms. The lowest BCUT2D eigenvalue weighted by molar-refractivity contribution is -0.136. The van der Waals surface area contributed by atoms with Gasteiger partial charge in [-0.05, 0) is 25.5 Å². The van der Waals surface area contributed by atoms with Crippen molar-refractivity contribution in [2.24, 2.45) is 5.10 Å². The van der Waals surface area contributed by atoms with Gasteiger partial charge in [-0.3, -0.25) is 10.2 Å². The van der Waals surface area contributed by atoms with E-state index in [2.05, 4.69) is 20.7 Å². The van der Waals surface area contributed by atoms with Gasteiger partial charge in [0.2, 0.25) is 0 Å². The Balaban J connectivity index is 2.45. The molecule has 1 aromatic heterocycles. The van der Waals surface area contributed by atoms with Gasteiger partial charge in [0, 0.05) is 5.71 Å². The van der Waals surface area contributed by atoms with E-state index < -0.39 is 5.97 Å². The number of aromatic nitrogens is 2. The molecule has 0 aliphatic heterocycles. The molecule has 0 aliphatic rings. The Morgan fingerprint density at radius 1 is 1.50 bits per heavy atom. The number of hydrogen-bond donors (Lipinski definition) is 2. The summed E-state index contributed by atoms with van der Waals surface area (Å²) in [6, 6.07) is 3.21. The zero-order valence-electron chi connectivity index (χ0n) is 8.64. The number of hydrogen-bond acceptors (Lipinski definition) is 5. The highest BCUT2D eigenvalue weighted by Gasteiger charge is 1.99. The van der Waals surface area contributed by atoms with Gasteiger partial charge in [0.1, 0.15) is 0 Å². The molecule has 1 rings (SSSR count). The van der Waals surface area contributed by atoms with Crippen LogP contribution in [-0.2, 0) is 4.79 Å². The first-order valence-corrected chi connectivity index (χ1v) is 4.96. The molecule has 0 saturated carbocycles. The van der Waals surface area contributed by atoms with E-state index >= 15 is 0 Å². The molecule has 7 heteroatoms. The Morgan fingerprint density at radius 2 is 2.25 bits per heavy atom. The lowest BCUT2D eigenvalue weighted by Gasteiger charge is -2.00.